The standard InChI is InChI=1S/C8H4ClF2NO/c9-6-3-5(1-2-7(6)10)8(11)12-4-13/h1-3,8H. The van der Waals surface area contributed by atoms with E-state index in [9.17, 15) is 13.6 Å². The molecule has 1 atom stereocenters. The fourth-order valence-electron chi connectivity index (χ4n) is 0.781. The lowest BCUT2D eigenvalue weighted by atomic mass is 10.2. The zero-order valence-electron chi connectivity index (χ0n) is 6.30. The summed E-state index contributed by atoms with van der Waals surface area (Å²) in [6.07, 6.45) is -0.774. The molecule has 1 aromatic carbocycles. The Labute approximate surface area is 77.9 Å². The number of alkyl halides is 1. The summed E-state index contributed by atoms with van der Waals surface area (Å²) >= 11 is 5.38. The Morgan fingerprint density at radius 1 is 1.54 bits per heavy atom. The van der Waals surface area contributed by atoms with Crippen molar-refractivity contribution in [1.82, 2.24) is 0 Å². The Morgan fingerprint density at radius 2 is 2.23 bits per heavy atom. The Balaban J connectivity index is 3.03. The smallest absolute Gasteiger partial charge is 0.215 e. The SMILES string of the molecule is O=C=NC(F)c1ccc(F)c(Cl)c1. The lowest BCUT2D eigenvalue weighted by molar-refractivity contribution is 0.356. The summed E-state index contributed by atoms with van der Waals surface area (Å²) in [5, 5.41) is -0.207. The highest BCUT2D eigenvalue weighted by Crippen LogP contribution is 2.23. The number of benzene rings is 1. The van der Waals surface area contributed by atoms with Crippen molar-refractivity contribution in [2.24, 2.45) is 4.99 Å². The average Bonchev–Trinajstić information content (AvgIpc) is 2.10. The molecule has 1 aromatic rings. The molecule has 0 aliphatic rings. The molecule has 0 aliphatic heterocycles. The van der Waals surface area contributed by atoms with E-state index in [1.165, 1.54) is 0 Å². The molecular formula is C8H4ClF2NO. The molecule has 0 aliphatic carbocycles. The van der Waals surface area contributed by atoms with E-state index in [2.05, 4.69) is 4.99 Å². The molecule has 0 N–H and O–H groups in total. The van der Waals surface area contributed by atoms with Gasteiger partial charge in [-0.05, 0) is 12.1 Å². The van der Waals surface area contributed by atoms with Crippen LogP contribution in [-0.2, 0) is 4.79 Å². The molecule has 13 heavy (non-hydrogen) atoms. The molecule has 1 unspecified atom stereocenters. The first kappa shape index (κ1) is 9.84. The number of hydrogen-bond donors (Lipinski definition) is 0. The lowest BCUT2D eigenvalue weighted by Gasteiger charge is -2.01. The van der Waals surface area contributed by atoms with E-state index in [-0.39, 0.29) is 10.6 Å². The second-order valence-electron chi connectivity index (χ2n) is 2.23. The Kier molecular flexibility index (Phi) is 3.12. The lowest BCUT2D eigenvalue weighted by Crippen LogP contribution is -1.88. The van der Waals surface area contributed by atoms with Gasteiger partial charge in [-0.1, -0.05) is 17.7 Å². The van der Waals surface area contributed by atoms with Gasteiger partial charge in [0.1, 0.15) is 5.82 Å². The quantitative estimate of drug-likeness (QED) is 0.413. The van der Waals surface area contributed by atoms with Crippen LogP contribution in [0.5, 0.6) is 0 Å². The fourth-order valence-corrected chi connectivity index (χ4v) is 0.970. The minimum absolute atomic E-state index is 0.0229. The van der Waals surface area contributed by atoms with Crippen molar-refractivity contribution in [2.45, 2.75) is 6.30 Å². The van der Waals surface area contributed by atoms with Crippen LogP contribution in [0.2, 0.25) is 5.02 Å². The van der Waals surface area contributed by atoms with Gasteiger partial charge in [-0.3, -0.25) is 0 Å². The van der Waals surface area contributed by atoms with Gasteiger partial charge in [0, 0.05) is 5.56 Å². The zero-order chi connectivity index (χ0) is 9.84. The van der Waals surface area contributed by atoms with Gasteiger partial charge in [0.15, 0.2) is 0 Å². The van der Waals surface area contributed by atoms with Crippen molar-refractivity contribution in [2.75, 3.05) is 0 Å². The van der Waals surface area contributed by atoms with Gasteiger partial charge in [-0.15, -0.1) is 0 Å². The Hall–Kier alpha value is -1.25. The summed E-state index contributed by atoms with van der Waals surface area (Å²) in [5.41, 5.74) is 0.0229. The summed E-state index contributed by atoms with van der Waals surface area (Å²) in [6.45, 7) is 0. The Morgan fingerprint density at radius 3 is 2.77 bits per heavy atom. The van der Waals surface area contributed by atoms with Crippen LogP contribution in [0.4, 0.5) is 8.78 Å². The first-order chi connectivity index (χ1) is 6.15. The van der Waals surface area contributed by atoms with Crippen LogP contribution in [0.25, 0.3) is 0 Å². The van der Waals surface area contributed by atoms with Gasteiger partial charge in [0.25, 0.3) is 0 Å². The van der Waals surface area contributed by atoms with Gasteiger partial charge in [0.2, 0.25) is 12.4 Å². The minimum Gasteiger partial charge on any atom is -0.215 e. The van der Waals surface area contributed by atoms with E-state index in [1.807, 2.05) is 0 Å². The van der Waals surface area contributed by atoms with E-state index in [1.54, 1.807) is 0 Å². The predicted molar refractivity (Wildman–Crippen MR) is 43.4 cm³/mol. The molecule has 2 nitrogen and oxygen atoms in total. The van der Waals surface area contributed by atoms with Crippen molar-refractivity contribution in [3.8, 4) is 0 Å². The molecule has 0 aromatic heterocycles. The molecule has 0 radical (unpaired) electrons. The van der Waals surface area contributed by atoms with Crippen LogP contribution < -0.4 is 0 Å². The van der Waals surface area contributed by atoms with E-state index < -0.39 is 12.1 Å². The number of carbonyl (C=O) groups excluding carboxylic acids is 1. The van der Waals surface area contributed by atoms with Crippen LogP contribution in [0, 0.1) is 5.82 Å². The monoisotopic (exact) mass is 203 g/mol. The molecule has 0 bridgehead atoms. The molecular weight excluding hydrogens is 200 g/mol. The van der Waals surface area contributed by atoms with Gasteiger partial charge in [0.05, 0.1) is 5.02 Å². The highest BCUT2D eigenvalue weighted by molar-refractivity contribution is 6.30. The molecule has 0 fully saturated rings. The maximum absolute atomic E-state index is 12.8. The largest absolute Gasteiger partial charge is 0.238 e. The third-order valence-corrected chi connectivity index (χ3v) is 1.67. The van der Waals surface area contributed by atoms with Crippen molar-refractivity contribution in [3.63, 3.8) is 0 Å². The van der Waals surface area contributed by atoms with E-state index in [4.69, 9.17) is 11.6 Å². The second kappa shape index (κ2) is 4.12. The molecule has 1 rings (SSSR count). The minimum atomic E-state index is -1.84. The number of halogens is 3. The summed E-state index contributed by atoms with van der Waals surface area (Å²) < 4.78 is 25.4. The summed E-state index contributed by atoms with van der Waals surface area (Å²) in [6, 6.07) is 3.24. The highest BCUT2D eigenvalue weighted by atomic mass is 35.5. The molecule has 0 spiro atoms. The number of hydrogen-bond acceptors (Lipinski definition) is 2. The molecule has 5 heteroatoms. The molecule has 0 amide bonds. The number of rotatable bonds is 2. The van der Waals surface area contributed by atoms with Crippen LogP contribution in [0.3, 0.4) is 0 Å². The number of aliphatic imine (C=N–C) groups is 1. The molecule has 0 saturated carbocycles. The van der Waals surface area contributed by atoms with E-state index in [0.29, 0.717) is 0 Å². The van der Waals surface area contributed by atoms with Gasteiger partial charge < -0.3 is 0 Å². The summed E-state index contributed by atoms with van der Waals surface area (Å²) in [4.78, 5) is 12.5. The molecule has 0 saturated heterocycles. The van der Waals surface area contributed by atoms with Crippen LogP contribution in [-0.4, -0.2) is 6.08 Å². The first-order valence-electron chi connectivity index (χ1n) is 3.31. The molecule has 68 valence electrons. The van der Waals surface area contributed by atoms with Crippen molar-refractivity contribution >= 4 is 17.7 Å². The number of isocyanates is 1. The fraction of sp³-hybridized carbons (Fsp3) is 0.125. The van der Waals surface area contributed by atoms with Gasteiger partial charge in [-0.25, -0.2) is 13.6 Å². The zero-order valence-corrected chi connectivity index (χ0v) is 7.05. The van der Waals surface area contributed by atoms with Crippen LogP contribution >= 0.6 is 11.6 Å². The van der Waals surface area contributed by atoms with Crippen LogP contribution in [0.15, 0.2) is 23.2 Å². The van der Waals surface area contributed by atoms with Crippen molar-refractivity contribution < 1.29 is 13.6 Å². The third-order valence-electron chi connectivity index (χ3n) is 1.38. The van der Waals surface area contributed by atoms with Crippen LogP contribution in [0.1, 0.15) is 11.9 Å². The second-order valence-corrected chi connectivity index (χ2v) is 2.64. The van der Waals surface area contributed by atoms with Crippen molar-refractivity contribution in [3.05, 3.63) is 34.6 Å². The summed E-state index contributed by atoms with van der Waals surface area (Å²) in [7, 11) is 0. The maximum atomic E-state index is 12.8. The predicted octanol–water partition coefficient (Wildman–Crippen LogP) is 2.78. The maximum Gasteiger partial charge on any atom is 0.238 e. The normalized spacial score (nSPS) is 11.9. The molecule has 0 heterocycles. The van der Waals surface area contributed by atoms with E-state index >= 15 is 0 Å². The van der Waals surface area contributed by atoms with E-state index in [0.717, 1.165) is 24.3 Å². The summed E-state index contributed by atoms with van der Waals surface area (Å²) in [5.74, 6) is -0.646. The third kappa shape index (κ3) is 2.34. The topological polar surface area (TPSA) is 29.4 Å². The highest BCUT2D eigenvalue weighted by Gasteiger charge is 2.09. The number of nitrogens with zero attached hydrogens (tertiary/aromatic N) is 1. The van der Waals surface area contributed by atoms with Crippen molar-refractivity contribution in [1.29, 1.82) is 0 Å². The average molecular weight is 204 g/mol. The van der Waals surface area contributed by atoms with Gasteiger partial charge in [-0.2, -0.15) is 4.99 Å². The van der Waals surface area contributed by atoms with Gasteiger partial charge >= 0.3 is 0 Å². The first-order valence-corrected chi connectivity index (χ1v) is 3.69. The Bertz CT molecular complexity index is 363.